The Balaban J connectivity index is 1.72. The number of hydrogen-bond donors (Lipinski definition) is 0. The topological polar surface area (TPSA) is 34.3 Å². The van der Waals surface area contributed by atoms with E-state index in [0.717, 1.165) is 13.2 Å². The lowest BCUT2D eigenvalue weighted by Gasteiger charge is -2.32. The maximum Gasteiger partial charge on any atom is 0.112 e. The summed E-state index contributed by atoms with van der Waals surface area (Å²) in [6, 6.07) is 17.3. The molecule has 4 atom stereocenters. The van der Waals surface area contributed by atoms with Crippen molar-refractivity contribution >= 4 is 0 Å². The molecule has 4 unspecified atom stereocenters. The van der Waals surface area contributed by atoms with Crippen LogP contribution in [0.4, 0.5) is 0 Å². The van der Waals surface area contributed by atoms with Gasteiger partial charge in [0, 0.05) is 0 Å². The highest BCUT2D eigenvalue weighted by Gasteiger charge is 2.44. The van der Waals surface area contributed by atoms with Gasteiger partial charge >= 0.3 is 0 Å². The molecule has 3 nitrogen and oxygen atoms in total. The number of ether oxygens (including phenoxy) is 3. The van der Waals surface area contributed by atoms with Gasteiger partial charge in [-0.05, 0) is 33.1 Å². The normalized spacial score (nSPS) is 23.5. The van der Waals surface area contributed by atoms with Crippen molar-refractivity contribution in [3.63, 3.8) is 0 Å². The number of epoxide rings is 2. The third kappa shape index (κ3) is 4.58. The van der Waals surface area contributed by atoms with Crippen molar-refractivity contribution in [2.45, 2.75) is 76.8 Å². The van der Waals surface area contributed by atoms with Crippen LogP contribution in [-0.4, -0.2) is 25.4 Å². The van der Waals surface area contributed by atoms with Crippen LogP contribution in [0.5, 0.6) is 0 Å². The van der Waals surface area contributed by atoms with Crippen LogP contribution in [0.25, 0.3) is 0 Å². The first kappa shape index (κ1) is 20.6. The fraction of sp³-hybridized carbons (Fsp3) is 0.538. The van der Waals surface area contributed by atoms with Crippen LogP contribution in [0, 0.1) is 0 Å². The van der Waals surface area contributed by atoms with Gasteiger partial charge in [0.15, 0.2) is 0 Å². The molecule has 0 radical (unpaired) electrons. The Morgan fingerprint density at radius 2 is 1.03 bits per heavy atom. The monoisotopic (exact) mass is 394 g/mol. The Labute approximate surface area is 175 Å². The quantitative estimate of drug-likeness (QED) is 0.574. The molecule has 2 aromatic rings. The van der Waals surface area contributed by atoms with E-state index in [-0.39, 0.29) is 35.2 Å². The molecular weight excluding hydrogens is 360 g/mol. The molecule has 2 heterocycles. The van der Waals surface area contributed by atoms with Gasteiger partial charge in [0.25, 0.3) is 0 Å². The van der Waals surface area contributed by atoms with Crippen molar-refractivity contribution in [3.05, 3.63) is 70.8 Å². The van der Waals surface area contributed by atoms with Gasteiger partial charge in [-0.25, -0.2) is 0 Å². The molecule has 0 spiro atoms. The van der Waals surface area contributed by atoms with Gasteiger partial charge in [-0.2, -0.15) is 0 Å². The Morgan fingerprint density at radius 3 is 1.34 bits per heavy atom. The van der Waals surface area contributed by atoms with Gasteiger partial charge in [-0.3, -0.25) is 0 Å². The maximum atomic E-state index is 6.89. The predicted molar refractivity (Wildman–Crippen MR) is 116 cm³/mol. The molecule has 2 fully saturated rings. The summed E-state index contributed by atoms with van der Waals surface area (Å²) < 4.78 is 18.4. The summed E-state index contributed by atoms with van der Waals surface area (Å²) in [5, 5.41) is 0. The zero-order chi connectivity index (χ0) is 20.8. The molecule has 156 valence electrons. The van der Waals surface area contributed by atoms with Crippen LogP contribution in [0.1, 0.15) is 76.0 Å². The van der Waals surface area contributed by atoms with Crippen molar-refractivity contribution in [1.29, 1.82) is 0 Å². The fourth-order valence-electron chi connectivity index (χ4n) is 4.20. The second-order valence-corrected chi connectivity index (χ2v) is 10.4. The van der Waals surface area contributed by atoms with Crippen molar-refractivity contribution < 1.29 is 14.2 Å². The third-order valence-electron chi connectivity index (χ3n) is 5.84. The van der Waals surface area contributed by atoms with Crippen LogP contribution in [0.2, 0.25) is 0 Å². The summed E-state index contributed by atoms with van der Waals surface area (Å²) in [6.07, 6.45) is 0.0448. The Kier molecular flexibility index (Phi) is 5.35. The molecule has 0 aromatic heterocycles. The lowest BCUT2D eigenvalue weighted by molar-refractivity contribution is -0.0432. The minimum absolute atomic E-state index is 0.0436. The molecule has 0 amide bonds. The molecular formula is C26H34O3. The molecule has 3 heteroatoms. The minimum Gasteiger partial charge on any atom is -0.370 e. The van der Waals surface area contributed by atoms with E-state index in [1.165, 1.54) is 22.3 Å². The van der Waals surface area contributed by atoms with E-state index in [1.807, 2.05) is 0 Å². The summed E-state index contributed by atoms with van der Waals surface area (Å²) in [5.74, 6) is 0. The molecule has 2 aliphatic heterocycles. The van der Waals surface area contributed by atoms with Crippen LogP contribution in [0.3, 0.4) is 0 Å². The summed E-state index contributed by atoms with van der Waals surface area (Å²) >= 11 is 0. The lowest BCUT2D eigenvalue weighted by atomic mass is 9.81. The standard InChI is InChI=1S/C26H34O3/c1-25(2,3)19-13-9-7-11-17(19)23(21-15-27-21)29-24(22-16-28-22)18-12-8-10-14-20(18)26(4,5)6/h7-14,21-24H,15-16H2,1-6H3. The molecule has 0 saturated carbocycles. The SMILES string of the molecule is CC(C)(C)c1ccccc1C(OC(c1ccccc1C(C)(C)C)C1CO1)C1CO1. The van der Waals surface area contributed by atoms with E-state index in [4.69, 9.17) is 14.2 Å². The molecule has 2 aliphatic rings. The van der Waals surface area contributed by atoms with E-state index in [9.17, 15) is 0 Å². The summed E-state index contributed by atoms with van der Waals surface area (Å²) in [5.41, 5.74) is 5.20. The first-order chi connectivity index (χ1) is 13.7. The lowest BCUT2D eigenvalue weighted by Crippen LogP contribution is -2.25. The molecule has 4 rings (SSSR count). The zero-order valence-electron chi connectivity index (χ0n) is 18.6. The maximum absolute atomic E-state index is 6.89. The van der Waals surface area contributed by atoms with Gasteiger partial charge in [0.05, 0.1) is 13.2 Å². The highest BCUT2D eigenvalue weighted by Crippen LogP contribution is 2.44. The van der Waals surface area contributed by atoms with Gasteiger partial charge in [-0.1, -0.05) is 90.1 Å². The Hall–Kier alpha value is -1.68. The van der Waals surface area contributed by atoms with Crippen LogP contribution in [0.15, 0.2) is 48.5 Å². The Morgan fingerprint density at radius 1 is 0.690 bits per heavy atom. The van der Waals surface area contributed by atoms with E-state index >= 15 is 0 Å². The van der Waals surface area contributed by atoms with Crippen LogP contribution >= 0.6 is 0 Å². The first-order valence-corrected chi connectivity index (χ1v) is 10.7. The minimum atomic E-state index is -0.0901. The van der Waals surface area contributed by atoms with E-state index < -0.39 is 0 Å². The van der Waals surface area contributed by atoms with Crippen molar-refractivity contribution in [2.24, 2.45) is 0 Å². The van der Waals surface area contributed by atoms with Crippen molar-refractivity contribution in [3.8, 4) is 0 Å². The third-order valence-corrected chi connectivity index (χ3v) is 5.84. The predicted octanol–water partition coefficient (Wildman–Crippen LogP) is 5.88. The number of hydrogen-bond acceptors (Lipinski definition) is 3. The summed E-state index contributed by atoms with van der Waals surface area (Å²) in [6.45, 7) is 15.0. The molecule has 0 N–H and O–H groups in total. The highest BCUT2D eigenvalue weighted by molar-refractivity contribution is 5.38. The van der Waals surface area contributed by atoms with E-state index in [0.29, 0.717) is 0 Å². The van der Waals surface area contributed by atoms with Gasteiger partial charge in [-0.15, -0.1) is 0 Å². The Bertz CT molecular complexity index is 779. The van der Waals surface area contributed by atoms with Gasteiger partial charge in [0.2, 0.25) is 0 Å². The smallest absolute Gasteiger partial charge is 0.112 e. The number of rotatable bonds is 6. The largest absolute Gasteiger partial charge is 0.370 e. The zero-order valence-corrected chi connectivity index (χ0v) is 18.6. The molecule has 0 bridgehead atoms. The molecule has 0 aliphatic carbocycles. The van der Waals surface area contributed by atoms with Crippen molar-refractivity contribution in [2.75, 3.05) is 13.2 Å². The van der Waals surface area contributed by atoms with Gasteiger partial charge in [0.1, 0.15) is 24.4 Å². The van der Waals surface area contributed by atoms with Crippen LogP contribution in [-0.2, 0) is 25.0 Å². The summed E-state index contributed by atoms with van der Waals surface area (Å²) in [7, 11) is 0. The van der Waals surface area contributed by atoms with E-state index in [1.54, 1.807) is 0 Å². The second-order valence-electron chi connectivity index (χ2n) is 10.4. The molecule has 2 aromatic carbocycles. The average Bonchev–Trinajstić information content (AvgIpc) is 3.54. The van der Waals surface area contributed by atoms with Crippen LogP contribution < -0.4 is 0 Å². The van der Waals surface area contributed by atoms with Crippen molar-refractivity contribution in [1.82, 2.24) is 0 Å². The highest BCUT2D eigenvalue weighted by atomic mass is 16.6. The fourth-order valence-corrected chi connectivity index (χ4v) is 4.20. The first-order valence-electron chi connectivity index (χ1n) is 10.7. The second kappa shape index (κ2) is 7.54. The average molecular weight is 395 g/mol. The molecule has 2 saturated heterocycles. The number of benzene rings is 2. The molecule has 29 heavy (non-hydrogen) atoms. The van der Waals surface area contributed by atoms with Gasteiger partial charge < -0.3 is 14.2 Å². The van der Waals surface area contributed by atoms with E-state index in [2.05, 4.69) is 90.1 Å². The summed E-state index contributed by atoms with van der Waals surface area (Å²) in [4.78, 5) is 0.